The van der Waals surface area contributed by atoms with Gasteiger partial charge in [0.1, 0.15) is 5.82 Å². The molecule has 3 nitrogen and oxygen atoms in total. The summed E-state index contributed by atoms with van der Waals surface area (Å²) in [5.41, 5.74) is 2.52. The maximum Gasteiger partial charge on any atom is 0.126 e. The second-order valence-electron chi connectivity index (χ2n) is 5.16. The number of rotatable bonds is 8. The van der Waals surface area contributed by atoms with Gasteiger partial charge >= 0.3 is 0 Å². The van der Waals surface area contributed by atoms with Crippen LogP contribution in [0.2, 0.25) is 0 Å². The van der Waals surface area contributed by atoms with Crippen LogP contribution in [-0.2, 0) is 13.0 Å². The summed E-state index contributed by atoms with van der Waals surface area (Å²) in [6.07, 6.45) is 2.19. The number of aromatic nitrogens is 1. The standard InChI is InChI=1S/C15H27N3/c1-5-7-14-8-13(11-16-10-12(3)4)9-15(18-14)17-6-2/h8-9,12,16H,5-7,10-11H2,1-4H3,(H,17,18). The van der Waals surface area contributed by atoms with E-state index in [2.05, 4.69) is 55.4 Å². The summed E-state index contributed by atoms with van der Waals surface area (Å²) in [6, 6.07) is 4.37. The van der Waals surface area contributed by atoms with Gasteiger partial charge in [-0.2, -0.15) is 0 Å². The molecule has 3 heteroatoms. The van der Waals surface area contributed by atoms with E-state index in [1.807, 2.05) is 0 Å². The maximum atomic E-state index is 4.62. The minimum Gasteiger partial charge on any atom is -0.370 e. The van der Waals surface area contributed by atoms with E-state index in [0.717, 1.165) is 38.3 Å². The summed E-state index contributed by atoms with van der Waals surface area (Å²) in [5, 5.41) is 6.79. The highest BCUT2D eigenvalue weighted by Gasteiger charge is 2.02. The van der Waals surface area contributed by atoms with Gasteiger partial charge in [0, 0.05) is 18.8 Å². The molecule has 1 rings (SSSR count). The zero-order valence-electron chi connectivity index (χ0n) is 12.2. The average Bonchev–Trinajstić information content (AvgIpc) is 2.29. The van der Waals surface area contributed by atoms with E-state index < -0.39 is 0 Å². The first-order valence-electron chi connectivity index (χ1n) is 7.10. The summed E-state index contributed by atoms with van der Waals surface area (Å²) in [6.45, 7) is 11.7. The van der Waals surface area contributed by atoms with Crippen LogP contribution in [0, 0.1) is 5.92 Å². The monoisotopic (exact) mass is 249 g/mol. The van der Waals surface area contributed by atoms with Crippen LogP contribution in [0.1, 0.15) is 45.4 Å². The van der Waals surface area contributed by atoms with Crippen LogP contribution < -0.4 is 10.6 Å². The van der Waals surface area contributed by atoms with Crippen LogP contribution in [0.25, 0.3) is 0 Å². The predicted octanol–water partition coefficient (Wildman–Crippen LogP) is 3.21. The van der Waals surface area contributed by atoms with Crippen LogP contribution in [0.4, 0.5) is 5.82 Å². The number of nitrogens with zero attached hydrogens (tertiary/aromatic N) is 1. The van der Waals surface area contributed by atoms with Crippen molar-refractivity contribution in [2.45, 2.75) is 47.1 Å². The number of anilines is 1. The van der Waals surface area contributed by atoms with Gasteiger partial charge in [-0.15, -0.1) is 0 Å². The smallest absolute Gasteiger partial charge is 0.126 e. The minimum absolute atomic E-state index is 0.690. The number of pyridine rings is 1. The summed E-state index contributed by atoms with van der Waals surface area (Å²) in [7, 11) is 0. The fourth-order valence-electron chi connectivity index (χ4n) is 1.91. The lowest BCUT2D eigenvalue weighted by molar-refractivity contribution is 0.552. The van der Waals surface area contributed by atoms with Crippen molar-refractivity contribution >= 4 is 5.82 Å². The third kappa shape index (κ3) is 5.50. The molecule has 1 aromatic heterocycles. The van der Waals surface area contributed by atoms with Crippen molar-refractivity contribution in [3.63, 3.8) is 0 Å². The van der Waals surface area contributed by atoms with Gasteiger partial charge < -0.3 is 10.6 Å². The zero-order chi connectivity index (χ0) is 13.4. The molecule has 0 unspecified atom stereocenters. The molecule has 0 saturated carbocycles. The lowest BCUT2D eigenvalue weighted by Gasteiger charge is -2.11. The van der Waals surface area contributed by atoms with E-state index >= 15 is 0 Å². The first-order valence-corrected chi connectivity index (χ1v) is 7.10. The van der Waals surface area contributed by atoms with Gasteiger partial charge in [0.25, 0.3) is 0 Å². The molecule has 0 fully saturated rings. The third-order valence-corrected chi connectivity index (χ3v) is 2.68. The van der Waals surface area contributed by atoms with E-state index in [-0.39, 0.29) is 0 Å². The Bertz CT molecular complexity index is 323. The molecular formula is C15H27N3. The largest absolute Gasteiger partial charge is 0.370 e. The zero-order valence-corrected chi connectivity index (χ0v) is 12.2. The summed E-state index contributed by atoms with van der Waals surface area (Å²) < 4.78 is 0. The molecule has 0 spiro atoms. The van der Waals surface area contributed by atoms with Crippen molar-refractivity contribution in [2.75, 3.05) is 18.4 Å². The first-order chi connectivity index (χ1) is 8.65. The molecule has 0 aromatic carbocycles. The van der Waals surface area contributed by atoms with Crippen LogP contribution in [-0.4, -0.2) is 18.1 Å². The second-order valence-corrected chi connectivity index (χ2v) is 5.16. The Morgan fingerprint density at radius 2 is 2.00 bits per heavy atom. The van der Waals surface area contributed by atoms with Crippen LogP contribution >= 0.6 is 0 Å². The van der Waals surface area contributed by atoms with Crippen molar-refractivity contribution in [1.82, 2.24) is 10.3 Å². The molecule has 2 N–H and O–H groups in total. The molecule has 0 atom stereocenters. The summed E-state index contributed by atoms with van der Waals surface area (Å²) >= 11 is 0. The molecule has 102 valence electrons. The average molecular weight is 249 g/mol. The Morgan fingerprint density at radius 3 is 2.61 bits per heavy atom. The molecule has 0 radical (unpaired) electrons. The Hall–Kier alpha value is -1.09. The van der Waals surface area contributed by atoms with Crippen molar-refractivity contribution in [3.8, 4) is 0 Å². The molecule has 0 bridgehead atoms. The lowest BCUT2D eigenvalue weighted by Crippen LogP contribution is -2.19. The second kappa shape index (κ2) is 8.09. The Balaban J connectivity index is 2.69. The summed E-state index contributed by atoms with van der Waals surface area (Å²) in [5.74, 6) is 1.69. The molecule has 1 heterocycles. The van der Waals surface area contributed by atoms with Crippen LogP contribution in [0.15, 0.2) is 12.1 Å². The first kappa shape index (κ1) is 15.0. The minimum atomic E-state index is 0.690. The molecule has 0 aliphatic carbocycles. The third-order valence-electron chi connectivity index (χ3n) is 2.68. The molecule has 18 heavy (non-hydrogen) atoms. The van der Waals surface area contributed by atoms with Gasteiger partial charge in [0.2, 0.25) is 0 Å². The van der Waals surface area contributed by atoms with Crippen molar-refractivity contribution < 1.29 is 0 Å². The van der Waals surface area contributed by atoms with E-state index in [9.17, 15) is 0 Å². The van der Waals surface area contributed by atoms with Crippen molar-refractivity contribution in [3.05, 3.63) is 23.4 Å². The number of aryl methyl sites for hydroxylation is 1. The topological polar surface area (TPSA) is 37.0 Å². The number of hydrogen-bond acceptors (Lipinski definition) is 3. The van der Waals surface area contributed by atoms with Crippen LogP contribution in [0.5, 0.6) is 0 Å². The highest BCUT2D eigenvalue weighted by molar-refractivity contribution is 5.39. The molecule has 0 saturated heterocycles. The van der Waals surface area contributed by atoms with Gasteiger partial charge in [-0.25, -0.2) is 4.98 Å². The van der Waals surface area contributed by atoms with Crippen molar-refractivity contribution in [2.24, 2.45) is 5.92 Å². The predicted molar refractivity (Wildman–Crippen MR) is 78.9 cm³/mol. The van der Waals surface area contributed by atoms with Gasteiger partial charge in [-0.3, -0.25) is 0 Å². The van der Waals surface area contributed by atoms with E-state index in [1.165, 1.54) is 11.3 Å². The van der Waals surface area contributed by atoms with Gasteiger partial charge in [0.05, 0.1) is 0 Å². The number of nitrogens with one attached hydrogen (secondary N) is 2. The van der Waals surface area contributed by atoms with Gasteiger partial charge in [-0.05, 0) is 43.5 Å². The molecule has 0 amide bonds. The van der Waals surface area contributed by atoms with E-state index in [4.69, 9.17) is 0 Å². The van der Waals surface area contributed by atoms with Crippen LogP contribution in [0.3, 0.4) is 0 Å². The van der Waals surface area contributed by atoms with E-state index in [0.29, 0.717) is 5.92 Å². The Morgan fingerprint density at radius 1 is 1.22 bits per heavy atom. The van der Waals surface area contributed by atoms with Crippen molar-refractivity contribution in [1.29, 1.82) is 0 Å². The fourth-order valence-corrected chi connectivity index (χ4v) is 1.91. The number of hydrogen-bond donors (Lipinski definition) is 2. The lowest BCUT2D eigenvalue weighted by atomic mass is 10.1. The Kier molecular flexibility index (Phi) is 6.73. The fraction of sp³-hybridized carbons (Fsp3) is 0.667. The molecule has 1 aromatic rings. The van der Waals surface area contributed by atoms with Gasteiger partial charge in [0.15, 0.2) is 0 Å². The molecule has 0 aliphatic heterocycles. The SMILES string of the molecule is CCCc1cc(CNCC(C)C)cc(NCC)n1. The maximum absolute atomic E-state index is 4.62. The normalized spacial score (nSPS) is 10.9. The highest BCUT2D eigenvalue weighted by atomic mass is 15.0. The quantitative estimate of drug-likeness (QED) is 0.743. The van der Waals surface area contributed by atoms with E-state index in [1.54, 1.807) is 0 Å². The summed E-state index contributed by atoms with van der Waals surface area (Å²) in [4.78, 5) is 4.62. The Labute approximate surface area is 111 Å². The van der Waals surface area contributed by atoms with Gasteiger partial charge in [-0.1, -0.05) is 27.2 Å². The molecule has 0 aliphatic rings. The molecular weight excluding hydrogens is 222 g/mol. The highest BCUT2D eigenvalue weighted by Crippen LogP contribution is 2.12.